The van der Waals surface area contributed by atoms with Gasteiger partial charge in [0, 0.05) is 11.8 Å². The van der Waals surface area contributed by atoms with E-state index >= 15 is 0 Å². The molecule has 0 fully saturated rings. The summed E-state index contributed by atoms with van der Waals surface area (Å²) in [6.07, 6.45) is 1.62. The molecule has 0 aliphatic heterocycles. The van der Waals surface area contributed by atoms with Crippen LogP contribution in [-0.4, -0.2) is 15.0 Å². The number of fused-ring (bicyclic) bond motifs is 1. The van der Waals surface area contributed by atoms with Gasteiger partial charge in [-0.1, -0.05) is 0 Å². The second-order valence-corrected chi connectivity index (χ2v) is 4.79. The smallest absolute Gasteiger partial charge is 0.287 e. The van der Waals surface area contributed by atoms with Crippen LogP contribution in [0.2, 0.25) is 0 Å². The Hall–Kier alpha value is -2.08. The van der Waals surface area contributed by atoms with E-state index in [1.807, 2.05) is 17.5 Å². The Balaban J connectivity index is 2.22. The van der Waals surface area contributed by atoms with Gasteiger partial charge in [-0.15, -0.1) is 11.3 Å². The van der Waals surface area contributed by atoms with Crippen LogP contribution in [0.4, 0.5) is 4.39 Å². The Morgan fingerprint density at radius 3 is 3.06 bits per heavy atom. The number of aromatic nitrogens is 3. The number of nitrogens with one attached hydrogen (secondary N) is 1. The van der Waals surface area contributed by atoms with Crippen molar-refractivity contribution in [1.29, 1.82) is 0 Å². The Morgan fingerprint density at radius 1 is 1.44 bits per heavy atom. The van der Waals surface area contributed by atoms with Crippen molar-refractivity contribution in [1.82, 2.24) is 15.0 Å². The number of rotatable bonds is 1. The van der Waals surface area contributed by atoms with Crippen LogP contribution in [0, 0.1) is 12.7 Å². The van der Waals surface area contributed by atoms with Crippen LogP contribution in [0.5, 0.6) is 0 Å². The molecule has 4 nitrogen and oxygen atoms in total. The molecule has 3 aromatic heterocycles. The summed E-state index contributed by atoms with van der Waals surface area (Å²) in [6, 6.07) is 3.79. The van der Waals surface area contributed by atoms with Gasteiger partial charge in [-0.2, -0.15) is 4.39 Å². The van der Waals surface area contributed by atoms with Crippen molar-refractivity contribution >= 4 is 21.6 Å². The minimum atomic E-state index is -0.844. The molecule has 3 rings (SSSR count). The van der Waals surface area contributed by atoms with Crippen molar-refractivity contribution < 1.29 is 4.39 Å². The molecule has 0 aliphatic rings. The molecule has 0 aliphatic carbocycles. The van der Waals surface area contributed by atoms with Gasteiger partial charge in [-0.3, -0.25) is 9.78 Å². The van der Waals surface area contributed by atoms with Gasteiger partial charge in [-0.25, -0.2) is 4.98 Å². The lowest BCUT2D eigenvalue weighted by Gasteiger charge is -2.02. The van der Waals surface area contributed by atoms with Crippen molar-refractivity contribution in [2.45, 2.75) is 6.92 Å². The van der Waals surface area contributed by atoms with Gasteiger partial charge in [-0.05, 0) is 24.4 Å². The average molecular weight is 261 g/mol. The van der Waals surface area contributed by atoms with Gasteiger partial charge in [0.1, 0.15) is 5.82 Å². The van der Waals surface area contributed by atoms with E-state index in [0.29, 0.717) is 11.4 Å². The molecule has 0 unspecified atom stereocenters. The fraction of sp³-hybridized carbons (Fsp3) is 0.0833. The van der Waals surface area contributed by atoms with Crippen LogP contribution >= 0.6 is 11.3 Å². The van der Waals surface area contributed by atoms with Crippen molar-refractivity contribution in [2.75, 3.05) is 0 Å². The number of hydrogen-bond acceptors (Lipinski definition) is 4. The number of hydrogen-bond donors (Lipinski definition) is 1. The third-order valence-corrected chi connectivity index (χ3v) is 3.46. The van der Waals surface area contributed by atoms with E-state index < -0.39 is 11.4 Å². The topological polar surface area (TPSA) is 58.6 Å². The molecule has 0 bridgehead atoms. The summed E-state index contributed by atoms with van der Waals surface area (Å²) in [6.45, 7) is 1.46. The summed E-state index contributed by atoms with van der Waals surface area (Å²) in [7, 11) is 0. The maximum absolute atomic E-state index is 13.2. The summed E-state index contributed by atoms with van der Waals surface area (Å²) < 4.78 is 14.2. The summed E-state index contributed by atoms with van der Waals surface area (Å²) in [4.78, 5) is 22.1. The Bertz CT molecular complexity index is 793. The van der Waals surface area contributed by atoms with Gasteiger partial charge in [0.2, 0.25) is 5.82 Å². The predicted octanol–water partition coefficient (Wildman–Crippen LogP) is 2.49. The standard InChI is InChI=1S/C12H8FN3OS/c1-6-10(13)12(17)16-11(15-6)7-4-9-8(14-5-7)2-3-18-9/h2-5H,1H3,(H,15,16,17). The Labute approximate surface area is 105 Å². The second-order valence-electron chi connectivity index (χ2n) is 3.84. The minimum Gasteiger partial charge on any atom is -0.304 e. The molecule has 0 spiro atoms. The number of aryl methyl sites for hydroxylation is 1. The van der Waals surface area contributed by atoms with Crippen molar-refractivity contribution in [2.24, 2.45) is 0 Å². The highest BCUT2D eigenvalue weighted by atomic mass is 32.1. The van der Waals surface area contributed by atoms with Crippen LogP contribution in [-0.2, 0) is 0 Å². The van der Waals surface area contributed by atoms with Crippen LogP contribution in [0.1, 0.15) is 5.69 Å². The Kier molecular flexibility index (Phi) is 2.45. The lowest BCUT2D eigenvalue weighted by atomic mass is 10.2. The lowest BCUT2D eigenvalue weighted by Crippen LogP contribution is -2.15. The molecule has 0 amide bonds. The van der Waals surface area contributed by atoms with Crippen LogP contribution in [0.3, 0.4) is 0 Å². The van der Waals surface area contributed by atoms with E-state index in [2.05, 4.69) is 15.0 Å². The van der Waals surface area contributed by atoms with E-state index in [9.17, 15) is 9.18 Å². The molecular weight excluding hydrogens is 253 g/mol. The zero-order valence-electron chi connectivity index (χ0n) is 9.40. The highest BCUT2D eigenvalue weighted by Gasteiger charge is 2.09. The molecule has 90 valence electrons. The number of thiophene rings is 1. The van der Waals surface area contributed by atoms with Gasteiger partial charge in [0.05, 0.1) is 15.9 Å². The first-order chi connectivity index (χ1) is 8.65. The fourth-order valence-electron chi connectivity index (χ4n) is 1.68. The zero-order chi connectivity index (χ0) is 12.7. The number of aromatic amines is 1. The van der Waals surface area contributed by atoms with E-state index in [4.69, 9.17) is 0 Å². The number of H-pyrrole nitrogens is 1. The van der Waals surface area contributed by atoms with E-state index in [1.54, 1.807) is 17.5 Å². The molecule has 0 saturated heterocycles. The molecule has 0 radical (unpaired) electrons. The van der Waals surface area contributed by atoms with Gasteiger partial charge in [0.15, 0.2) is 0 Å². The maximum atomic E-state index is 13.2. The largest absolute Gasteiger partial charge is 0.304 e. The SMILES string of the molecule is Cc1nc(-c2cnc3ccsc3c2)[nH]c(=O)c1F. The summed E-state index contributed by atoms with van der Waals surface area (Å²) in [5.41, 5.74) is 0.888. The van der Waals surface area contributed by atoms with E-state index in [0.717, 1.165) is 10.2 Å². The van der Waals surface area contributed by atoms with Gasteiger partial charge < -0.3 is 4.98 Å². The van der Waals surface area contributed by atoms with E-state index in [-0.39, 0.29) is 5.69 Å². The molecule has 3 aromatic rings. The molecule has 0 saturated carbocycles. The molecule has 0 aromatic carbocycles. The van der Waals surface area contributed by atoms with Crippen LogP contribution in [0.15, 0.2) is 28.5 Å². The summed E-state index contributed by atoms with van der Waals surface area (Å²) in [5.74, 6) is -0.509. The fourth-order valence-corrected chi connectivity index (χ4v) is 2.46. The van der Waals surface area contributed by atoms with Crippen molar-refractivity contribution in [3.63, 3.8) is 0 Å². The number of halogens is 1. The third-order valence-electron chi connectivity index (χ3n) is 2.60. The molecule has 18 heavy (non-hydrogen) atoms. The number of pyridine rings is 1. The molecule has 0 atom stereocenters. The van der Waals surface area contributed by atoms with Gasteiger partial charge >= 0.3 is 0 Å². The van der Waals surface area contributed by atoms with Crippen LogP contribution in [0.25, 0.3) is 21.6 Å². The predicted molar refractivity (Wildman–Crippen MR) is 68.2 cm³/mol. The number of nitrogens with zero attached hydrogens (tertiary/aromatic N) is 2. The van der Waals surface area contributed by atoms with Crippen LogP contribution < -0.4 is 5.56 Å². The minimum absolute atomic E-state index is 0.0834. The highest BCUT2D eigenvalue weighted by molar-refractivity contribution is 7.17. The Morgan fingerprint density at radius 2 is 2.28 bits per heavy atom. The quantitative estimate of drug-likeness (QED) is 0.732. The van der Waals surface area contributed by atoms with E-state index in [1.165, 1.54) is 6.92 Å². The van der Waals surface area contributed by atoms with Crippen molar-refractivity contribution in [3.8, 4) is 11.4 Å². The average Bonchev–Trinajstić information content (AvgIpc) is 2.82. The maximum Gasteiger partial charge on any atom is 0.287 e. The monoisotopic (exact) mass is 261 g/mol. The highest BCUT2D eigenvalue weighted by Crippen LogP contribution is 2.23. The first kappa shape index (κ1) is 11.0. The first-order valence-electron chi connectivity index (χ1n) is 5.25. The molecule has 1 N–H and O–H groups in total. The van der Waals surface area contributed by atoms with Crippen molar-refractivity contribution in [3.05, 3.63) is 45.6 Å². The summed E-state index contributed by atoms with van der Waals surface area (Å²) >= 11 is 1.55. The lowest BCUT2D eigenvalue weighted by molar-refractivity contribution is 0.589. The summed E-state index contributed by atoms with van der Waals surface area (Å²) in [5, 5.41) is 1.94. The molecule has 3 heterocycles. The molecule has 6 heteroatoms. The third kappa shape index (κ3) is 1.70. The normalized spacial score (nSPS) is 11.0. The molecular formula is C12H8FN3OS. The van der Waals surface area contributed by atoms with Gasteiger partial charge in [0.25, 0.3) is 5.56 Å². The zero-order valence-corrected chi connectivity index (χ0v) is 10.2. The first-order valence-corrected chi connectivity index (χ1v) is 6.13. The second kappa shape index (κ2) is 3.99.